The van der Waals surface area contributed by atoms with Gasteiger partial charge in [0, 0.05) is 0 Å². The number of carbonyl (C=O) groups is 1. The third-order valence-corrected chi connectivity index (χ3v) is 4.13. The fourth-order valence-corrected chi connectivity index (χ4v) is 2.74. The summed E-state index contributed by atoms with van der Waals surface area (Å²) in [6.07, 6.45) is 2.98. The van der Waals surface area contributed by atoms with Crippen LogP contribution in [0.15, 0.2) is 18.2 Å². The van der Waals surface area contributed by atoms with E-state index in [1.807, 2.05) is 0 Å². The highest BCUT2D eigenvalue weighted by atomic mass is 19.1. The van der Waals surface area contributed by atoms with Gasteiger partial charge in [0.2, 0.25) is 5.91 Å². The molecule has 1 fully saturated rings. The minimum absolute atomic E-state index is 0.168. The molecule has 1 N–H and O–H groups in total. The number of nitrogens with one attached hydrogen (secondary N) is 1. The molecule has 1 amide bonds. The average molecular weight is 290 g/mol. The Morgan fingerprint density at radius 2 is 2.14 bits per heavy atom. The standard InChI is InChI=1S/C16H19FN2O2/c1-11(12-5-6-14(21-2)13(17)9-12)19-15(20)16(10-18)7-3-4-8-16/h5-6,9,11H,3-4,7-8H2,1-2H3,(H,19,20)/t11-/m1/s1. The number of nitriles is 1. The molecule has 5 heteroatoms. The van der Waals surface area contributed by atoms with E-state index in [0.29, 0.717) is 18.4 Å². The number of ether oxygens (including phenoxy) is 1. The van der Waals surface area contributed by atoms with Crippen molar-refractivity contribution in [2.45, 2.75) is 38.6 Å². The van der Waals surface area contributed by atoms with Gasteiger partial charge >= 0.3 is 0 Å². The van der Waals surface area contributed by atoms with E-state index in [1.54, 1.807) is 13.0 Å². The summed E-state index contributed by atoms with van der Waals surface area (Å²) in [5.74, 6) is -0.556. The summed E-state index contributed by atoms with van der Waals surface area (Å²) in [6, 6.07) is 6.38. The van der Waals surface area contributed by atoms with Crippen LogP contribution in [0.3, 0.4) is 0 Å². The highest BCUT2D eigenvalue weighted by Crippen LogP contribution is 2.38. The molecule has 1 aliphatic rings. The molecule has 1 aromatic carbocycles. The van der Waals surface area contributed by atoms with Gasteiger partial charge in [-0.3, -0.25) is 4.79 Å². The van der Waals surface area contributed by atoms with E-state index in [2.05, 4.69) is 11.4 Å². The molecule has 2 rings (SSSR count). The SMILES string of the molecule is COc1ccc([C@@H](C)NC(=O)C2(C#N)CCCC2)cc1F. The molecule has 1 aromatic rings. The van der Waals surface area contributed by atoms with Gasteiger partial charge in [-0.2, -0.15) is 5.26 Å². The Labute approximate surface area is 123 Å². The van der Waals surface area contributed by atoms with Crippen LogP contribution in [0.4, 0.5) is 4.39 Å². The molecular formula is C16H19FN2O2. The Morgan fingerprint density at radius 1 is 1.48 bits per heavy atom. The predicted molar refractivity (Wildman–Crippen MR) is 76.0 cm³/mol. The van der Waals surface area contributed by atoms with Crippen molar-refractivity contribution in [3.8, 4) is 11.8 Å². The number of rotatable bonds is 4. The summed E-state index contributed by atoms with van der Waals surface area (Å²) in [7, 11) is 1.40. The zero-order chi connectivity index (χ0) is 15.5. The maximum Gasteiger partial charge on any atom is 0.240 e. The van der Waals surface area contributed by atoms with Gasteiger partial charge in [-0.25, -0.2) is 4.39 Å². The Kier molecular flexibility index (Phi) is 4.46. The first-order valence-electron chi connectivity index (χ1n) is 7.08. The summed E-state index contributed by atoms with van der Waals surface area (Å²) in [6.45, 7) is 1.78. The molecule has 0 aliphatic heterocycles. The number of methoxy groups -OCH3 is 1. The van der Waals surface area contributed by atoms with Crippen molar-refractivity contribution >= 4 is 5.91 Å². The third kappa shape index (κ3) is 2.99. The molecule has 0 bridgehead atoms. The van der Waals surface area contributed by atoms with Crippen LogP contribution in [-0.4, -0.2) is 13.0 Å². The van der Waals surface area contributed by atoms with E-state index < -0.39 is 11.2 Å². The molecule has 0 unspecified atom stereocenters. The van der Waals surface area contributed by atoms with Crippen molar-refractivity contribution in [3.05, 3.63) is 29.6 Å². The van der Waals surface area contributed by atoms with E-state index >= 15 is 0 Å². The number of hydrogen-bond acceptors (Lipinski definition) is 3. The summed E-state index contributed by atoms with van der Waals surface area (Å²) in [4.78, 5) is 12.3. The lowest BCUT2D eigenvalue weighted by Gasteiger charge is -2.23. The van der Waals surface area contributed by atoms with Crippen LogP contribution in [0, 0.1) is 22.6 Å². The van der Waals surface area contributed by atoms with Crippen molar-refractivity contribution in [1.82, 2.24) is 5.32 Å². The molecule has 0 saturated heterocycles. The number of halogens is 1. The van der Waals surface area contributed by atoms with Crippen molar-refractivity contribution < 1.29 is 13.9 Å². The molecule has 0 spiro atoms. The number of nitrogens with zero attached hydrogens (tertiary/aromatic N) is 1. The first-order chi connectivity index (χ1) is 10.0. The Morgan fingerprint density at radius 3 is 2.67 bits per heavy atom. The second-order valence-corrected chi connectivity index (χ2v) is 5.49. The van der Waals surface area contributed by atoms with Crippen LogP contribution in [0.2, 0.25) is 0 Å². The second kappa shape index (κ2) is 6.13. The van der Waals surface area contributed by atoms with Gasteiger partial charge < -0.3 is 10.1 Å². The van der Waals surface area contributed by atoms with Gasteiger partial charge in [0.05, 0.1) is 19.2 Å². The van der Waals surface area contributed by atoms with E-state index in [4.69, 9.17) is 4.74 Å². The lowest BCUT2D eigenvalue weighted by atomic mass is 9.86. The van der Waals surface area contributed by atoms with Crippen LogP contribution in [0.1, 0.15) is 44.2 Å². The lowest BCUT2D eigenvalue weighted by molar-refractivity contribution is -0.128. The van der Waals surface area contributed by atoms with E-state index in [0.717, 1.165) is 12.8 Å². The smallest absolute Gasteiger partial charge is 0.240 e. The van der Waals surface area contributed by atoms with Gasteiger partial charge in [0.1, 0.15) is 5.41 Å². The van der Waals surface area contributed by atoms with E-state index in [-0.39, 0.29) is 17.7 Å². The quantitative estimate of drug-likeness (QED) is 0.926. The number of benzene rings is 1. The Balaban J connectivity index is 2.11. The van der Waals surface area contributed by atoms with Crippen LogP contribution in [0.5, 0.6) is 5.75 Å². The first kappa shape index (κ1) is 15.3. The number of carbonyl (C=O) groups excluding carboxylic acids is 1. The highest BCUT2D eigenvalue weighted by molar-refractivity contribution is 5.86. The minimum atomic E-state index is -0.917. The maximum atomic E-state index is 13.7. The molecule has 1 aliphatic carbocycles. The average Bonchev–Trinajstić information content (AvgIpc) is 2.97. The van der Waals surface area contributed by atoms with Gasteiger partial charge in [0.25, 0.3) is 0 Å². The van der Waals surface area contributed by atoms with Gasteiger partial charge in [-0.05, 0) is 37.5 Å². The van der Waals surface area contributed by atoms with Crippen molar-refractivity contribution in [2.24, 2.45) is 5.41 Å². The summed E-state index contributed by atoms with van der Waals surface area (Å²) < 4.78 is 18.6. The highest BCUT2D eigenvalue weighted by Gasteiger charge is 2.41. The van der Waals surface area contributed by atoms with Crippen molar-refractivity contribution in [1.29, 1.82) is 5.26 Å². The van der Waals surface area contributed by atoms with Gasteiger partial charge in [-0.1, -0.05) is 18.9 Å². The van der Waals surface area contributed by atoms with Crippen LogP contribution in [-0.2, 0) is 4.79 Å². The summed E-state index contributed by atoms with van der Waals surface area (Å²) in [5.41, 5.74) is -0.271. The molecule has 0 heterocycles. The van der Waals surface area contributed by atoms with Crippen LogP contribution >= 0.6 is 0 Å². The Hall–Kier alpha value is -2.09. The fraction of sp³-hybridized carbons (Fsp3) is 0.500. The first-order valence-corrected chi connectivity index (χ1v) is 7.08. The van der Waals surface area contributed by atoms with E-state index in [9.17, 15) is 14.4 Å². The van der Waals surface area contributed by atoms with Crippen LogP contribution < -0.4 is 10.1 Å². The summed E-state index contributed by atoms with van der Waals surface area (Å²) >= 11 is 0. The zero-order valence-electron chi connectivity index (χ0n) is 12.3. The molecule has 0 aromatic heterocycles. The van der Waals surface area contributed by atoms with Crippen molar-refractivity contribution in [2.75, 3.05) is 7.11 Å². The zero-order valence-corrected chi connectivity index (χ0v) is 12.3. The molecule has 21 heavy (non-hydrogen) atoms. The van der Waals surface area contributed by atoms with Gasteiger partial charge in [-0.15, -0.1) is 0 Å². The second-order valence-electron chi connectivity index (χ2n) is 5.49. The van der Waals surface area contributed by atoms with Gasteiger partial charge in [0.15, 0.2) is 11.6 Å². The van der Waals surface area contributed by atoms with E-state index in [1.165, 1.54) is 19.2 Å². The Bertz CT molecular complexity index is 574. The van der Waals surface area contributed by atoms with Crippen molar-refractivity contribution in [3.63, 3.8) is 0 Å². The molecular weight excluding hydrogens is 271 g/mol. The molecule has 1 saturated carbocycles. The molecule has 112 valence electrons. The normalized spacial score (nSPS) is 17.8. The molecule has 0 radical (unpaired) electrons. The third-order valence-electron chi connectivity index (χ3n) is 4.13. The molecule has 1 atom stereocenters. The number of hydrogen-bond donors (Lipinski definition) is 1. The molecule has 4 nitrogen and oxygen atoms in total. The summed E-state index contributed by atoms with van der Waals surface area (Å²) in [5, 5.41) is 12.1. The topological polar surface area (TPSA) is 62.1 Å². The largest absolute Gasteiger partial charge is 0.494 e. The van der Waals surface area contributed by atoms with Crippen LogP contribution in [0.25, 0.3) is 0 Å². The maximum absolute atomic E-state index is 13.7. The predicted octanol–water partition coefficient (Wildman–Crippen LogP) is 3.10. The fourth-order valence-electron chi connectivity index (χ4n) is 2.74. The lowest BCUT2D eigenvalue weighted by Crippen LogP contribution is -2.39. The minimum Gasteiger partial charge on any atom is -0.494 e. The monoisotopic (exact) mass is 290 g/mol. The number of amides is 1.